The van der Waals surface area contributed by atoms with Crippen LogP contribution in [0.15, 0.2) is 60.8 Å². The second-order valence-corrected chi connectivity index (χ2v) is 7.83. The molecule has 1 fully saturated rings. The maximum Gasteiger partial charge on any atom is 0.253 e. The maximum atomic E-state index is 12.7. The van der Waals surface area contributed by atoms with Crippen molar-refractivity contribution in [3.05, 3.63) is 71.9 Å². The van der Waals surface area contributed by atoms with Gasteiger partial charge in [-0.25, -0.2) is 0 Å². The summed E-state index contributed by atoms with van der Waals surface area (Å²) in [6, 6.07) is 16.2. The molecule has 0 bridgehead atoms. The van der Waals surface area contributed by atoms with E-state index in [1.807, 2.05) is 35.9 Å². The molecule has 31 heavy (non-hydrogen) atoms. The lowest BCUT2D eigenvalue weighted by Gasteiger charge is -2.26. The predicted octanol–water partition coefficient (Wildman–Crippen LogP) is 0.829. The summed E-state index contributed by atoms with van der Waals surface area (Å²) in [6.45, 7) is -0.300. The molecule has 1 aromatic heterocycles. The maximum absolute atomic E-state index is 12.7. The first-order valence-electron chi connectivity index (χ1n) is 10.1. The number of aryl methyl sites for hydroxylation is 1. The van der Waals surface area contributed by atoms with E-state index in [-0.39, 0.29) is 31.5 Å². The van der Waals surface area contributed by atoms with E-state index in [9.17, 15) is 19.8 Å². The minimum Gasteiger partial charge on any atom is -0.387 e. The number of aliphatic hydroxyl groups is 2. The minimum atomic E-state index is -1.64. The largest absolute Gasteiger partial charge is 0.387 e. The first-order valence-corrected chi connectivity index (χ1v) is 10.1. The number of para-hydroxylation sites is 1. The summed E-state index contributed by atoms with van der Waals surface area (Å²) in [6.07, 6.45) is -0.310. The number of fused-ring (bicyclic) bond motifs is 1. The van der Waals surface area contributed by atoms with E-state index in [2.05, 4.69) is 10.6 Å². The molecule has 0 radical (unpaired) electrons. The Morgan fingerprint density at radius 1 is 1.10 bits per heavy atom. The molecule has 3 atom stereocenters. The molecule has 1 aliphatic rings. The minimum absolute atomic E-state index is 0.0260. The van der Waals surface area contributed by atoms with E-state index in [4.69, 9.17) is 4.74 Å². The van der Waals surface area contributed by atoms with Crippen LogP contribution in [0.4, 0.5) is 0 Å². The smallest absolute Gasteiger partial charge is 0.253 e. The van der Waals surface area contributed by atoms with Crippen molar-refractivity contribution in [3.8, 4) is 0 Å². The molecular formula is C23H25N3O5. The Labute approximate surface area is 179 Å². The number of rotatable bonds is 6. The molecule has 2 aromatic carbocycles. The molecule has 2 heterocycles. The molecule has 8 heteroatoms. The number of carbonyl (C=O) groups is 2. The first kappa shape index (κ1) is 21.0. The van der Waals surface area contributed by atoms with Crippen molar-refractivity contribution in [3.63, 3.8) is 0 Å². The highest BCUT2D eigenvalue weighted by atomic mass is 16.5. The molecule has 4 N–H and O–H groups in total. The van der Waals surface area contributed by atoms with Crippen molar-refractivity contribution in [2.75, 3.05) is 19.7 Å². The predicted molar refractivity (Wildman–Crippen MR) is 115 cm³/mol. The van der Waals surface area contributed by atoms with Gasteiger partial charge < -0.3 is 30.2 Å². The van der Waals surface area contributed by atoms with Crippen molar-refractivity contribution in [1.82, 2.24) is 15.2 Å². The molecule has 0 spiro atoms. The first-order chi connectivity index (χ1) is 14.9. The summed E-state index contributed by atoms with van der Waals surface area (Å²) < 4.78 is 7.40. The van der Waals surface area contributed by atoms with E-state index in [0.717, 1.165) is 10.9 Å². The lowest BCUT2D eigenvalue weighted by atomic mass is 9.96. The Balaban J connectivity index is 1.35. The van der Waals surface area contributed by atoms with Gasteiger partial charge in [-0.05, 0) is 18.2 Å². The molecule has 3 aromatic rings. The highest BCUT2D eigenvalue weighted by Gasteiger charge is 2.48. The number of nitrogens with zero attached hydrogens (tertiary/aromatic N) is 1. The van der Waals surface area contributed by atoms with Crippen molar-refractivity contribution < 1.29 is 24.5 Å². The fourth-order valence-electron chi connectivity index (χ4n) is 3.84. The van der Waals surface area contributed by atoms with E-state index in [0.29, 0.717) is 11.1 Å². The molecule has 2 amide bonds. The van der Waals surface area contributed by atoms with Gasteiger partial charge in [0.2, 0.25) is 0 Å². The van der Waals surface area contributed by atoms with Gasteiger partial charge >= 0.3 is 0 Å². The Morgan fingerprint density at radius 2 is 1.81 bits per heavy atom. The zero-order valence-corrected chi connectivity index (χ0v) is 17.1. The summed E-state index contributed by atoms with van der Waals surface area (Å²) in [5.41, 5.74) is 0.280. The van der Waals surface area contributed by atoms with Crippen LogP contribution in [0.3, 0.4) is 0 Å². The van der Waals surface area contributed by atoms with Crippen LogP contribution in [-0.2, 0) is 11.8 Å². The molecule has 162 valence electrons. The Kier molecular flexibility index (Phi) is 5.77. The fraction of sp³-hybridized carbons (Fsp3) is 0.304. The van der Waals surface area contributed by atoms with Gasteiger partial charge in [0.15, 0.2) is 0 Å². The SMILES string of the molecule is Cn1cc(C(=O)NC[C@H]2OC[C@@](O)(CNC(=O)c3ccccc3)[C@@H]2O)c2ccccc21. The Hall–Kier alpha value is -3.20. The normalized spacial score (nSPS) is 23.1. The van der Waals surface area contributed by atoms with Crippen LogP contribution in [0.5, 0.6) is 0 Å². The Morgan fingerprint density at radius 3 is 2.58 bits per heavy atom. The number of aromatic nitrogens is 1. The monoisotopic (exact) mass is 423 g/mol. The summed E-state index contributed by atoms with van der Waals surface area (Å²) in [7, 11) is 1.87. The van der Waals surface area contributed by atoms with Crippen LogP contribution in [0.25, 0.3) is 10.9 Å². The van der Waals surface area contributed by atoms with E-state index < -0.39 is 17.8 Å². The van der Waals surface area contributed by atoms with Gasteiger partial charge in [-0.2, -0.15) is 0 Å². The van der Waals surface area contributed by atoms with Crippen molar-refractivity contribution in [2.24, 2.45) is 7.05 Å². The number of nitrogens with one attached hydrogen (secondary N) is 2. The van der Waals surface area contributed by atoms with Crippen LogP contribution < -0.4 is 10.6 Å². The van der Waals surface area contributed by atoms with Gasteiger partial charge in [-0.15, -0.1) is 0 Å². The second-order valence-electron chi connectivity index (χ2n) is 7.83. The molecule has 0 aliphatic carbocycles. The van der Waals surface area contributed by atoms with Gasteiger partial charge in [0, 0.05) is 36.3 Å². The third-order valence-corrected chi connectivity index (χ3v) is 5.65. The van der Waals surface area contributed by atoms with Crippen LogP contribution in [0.1, 0.15) is 20.7 Å². The molecular weight excluding hydrogens is 398 g/mol. The topological polar surface area (TPSA) is 113 Å². The molecule has 4 rings (SSSR count). The number of benzene rings is 2. The fourth-order valence-corrected chi connectivity index (χ4v) is 3.84. The number of ether oxygens (including phenoxy) is 1. The highest BCUT2D eigenvalue weighted by molar-refractivity contribution is 6.07. The van der Waals surface area contributed by atoms with Crippen LogP contribution in [0, 0.1) is 0 Å². The van der Waals surface area contributed by atoms with Gasteiger partial charge in [0.1, 0.15) is 17.8 Å². The van der Waals surface area contributed by atoms with E-state index in [1.54, 1.807) is 36.5 Å². The molecule has 1 aliphatic heterocycles. The van der Waals surface area contributed by atoms with Crippen molar-refractivity contribution in [2.45, 2.75) is 17.8 Å². The van der Waals surface area contributed by atoms with Gasteiger partial charge in [0.05, 0.1) is 18.7 Å². The second kappa shape index (κ2) is 8.50. The van der Waals surface area contributed by atoms with Crippen LogP contribution in [-0.4, -0.2) is 64.1 Å². The molecule has 8 nitrogen and oxygen atoms in total. The average molecular weight is 423 g/mol. The lowest BCUT2D eigenvalue weighted by Crippen LogP contribution is -2.53. The van der Waals surface area contributed by atoms with Crippen molar-refractivity contribution >= 4 is 22.7 Å². The number of aliphatic hydroxyl groups excluding tert-OH is 1. The summed E-state index contributed by atoms with van der Waals surface area (Å²) in [5.74, 6) is -0.644. The average Bonchev–Trinajstić information content (AvgIpc) is 3.28. The standard InChI is InChI=1S/C23H25N3O5/c1-26-12-17(16-9-5-6-10-18(16)26)22(29)24-11-19-20(27)23(30,14-31-19)13-25-21(28)15-7-3-2-4-8-15/h2-10,12,19-20,27,30H,11,13-14H2,1H3,(H,24,29)(H,25,28)/t19-,20-,23+/m1/s1. The zero-order valence-electron chi connectivity index (χ0n) is 17.1. The third-order valence-electron chi connectivity index (χ3n) is 5.65. The number of carbonyl (C=O) groups excluding carboxylic acids is 2. The number of hydrogen-bond donors (Lipinski definition) is 4. The van der Waals surface area contributed by atoms with Crippen LogP contribution >= 0.6 is 0 Å². The zero-order chi connectivity index (χ0) is 22.0. The van der Waals surface area contributed by atoms with Gasteiger partial charge in [0.25, 0.3) is 11.8 Å². The van der Waals surface area contributed by atoms with Gasteiger partial charge in [-0.3, -0.25) is 9.59 Å². The third kappa shape index (κ3) is 4.18. The van der Waals surface area contributed by atoms with E-state index in [1.165, 1.54) is 0 Å². The Bertz CT molecular complexity index is 1100. The van der Waals surface area contributed by atoms with Crippen molar-refractivity contribution in [1.29, 1.82) is 0 Å². The highest BCUT2D eigenvalue weighted by Crippen LogP contribution is 2.25. The molecule has 0 unspecified atom stereocenters. The number of hydrogen-bond acceptors (Lipinski definition) is 5. The molecule has 0 saturated carbocycles. The van der Waals surface area contributed by atoms with Gasteiger partial charge in [-0.1, -0.05) is 36.4 Å². The van der Waals surface area contributed by atoms with Crippen LogP contribution in [0.2, 0.25) is 0 Å². The summed E-state index contributed by atoms with van der Waals surface area (Å²) >= 11 is 0. The van der Waals surface area contributed by atoms with E-state index >= 15 is 0 Å². The molecule has 1 saturated heterocycles. The number of amides is 2. The lowest BCUT2D eigenvalue weighted by molar-refractivity contribution is -0.0464. The summed E-state index contributed by atoms with van der Waals surface area (Å²) in [5, 5.41) is 27.5. The quantitative estimate of drug-likeness (QED) is 0.469. The summed E-state index contributed by atoms with van der Waals surface area (Å²) in [4.78, 5) is 24.9.